The second-order valence-corrected chi connectivity index (χ2v) is 4.42. The van der Waals surface area contributed by atoms with Gasteiger partial charge in [-0.3, -0.25) is 10.1 Å². The Kier molecular flexibility index (Phi) is 4.89. The third kappa shape index (κ3) is 3.63. The van der Waals surface area contributed by atoms with Crippen LogP contribution in [-0.2, 0) is 0 Å². The summed E-state index contributed by atoms with van der Waals surface area (Å²) < 4.78 is 10.0. The van der Waals surface area contributed by atoms with Crippen molar-refractivity contribution >= 4 is 17.3 Å². The number of rotatable bonds is 5. The highest BCUT2D eigenvalue weighted by Gasteiger charge is 2.20. The van der Waals surface area contributed by atoms with Gasteiger partial charge in [0.1, 0.15) is 11.8 Å². The van der Waals surface area contributed by atoms with Gasteiger partial charge in [0.2, 0.25) is 5.88 Å². The molecule has 7 nitrogen and oxygen atoms in total. The van der Waals surface area contributed by atoms with E-state index in [1.807, 2.05) is 6.07 Å². The molecule has 0 aliphatic heterocycles. The van der Waals surface area contributed by atoms with E-state index in [2.05, 4.69) is 4.98 Å². The molecule has 0 saturated carbocycles. The quantitative estimate of drug-likeness (QED) is 0.478. The van der Waals surface area contributed by atoms with Crippen LogP contribution in [0.25, 0.3) is 11.6 Å². The molecule has 0 N–H and O–H groups in total. The third-order valence-corrected chi connectivity index (χ3v) is 3.06. The van der Waals surface area contributed by atoms with Crippen LogP contribution < -0.4 is 9.47 Å². The molecule has 116 valence electrons. The molecule has 0 aliphatic rings. The molecule has 0 atom stereocenters. The van der Waals surface area contributed by atoms with Crippen LogP contribution in [0.1, 0.15) is 11.3 Å². The summed E-state index contributed by atoms with van der Waals surface area (Å²) in [4.78, 5) is 14.6. The molecule has 0 unspecified atom stereocenters. The van der Waals surface area contributed by atoms with Gasteiger partial charge in [-0.2, -0.15) is 5.26 Å². The van der Waals surface area contributed by atoms with Crippen LogP contribution >= 0.6 is 0 Å². The van der Waals surface area contributed by atoms with E-state index in [-0.39, 0.29) is 22.8 Å². The largest absolute Gasteiger partial charge is 0.497 e. The van der Waals surface area contributed by atoms with Gasteiger partial charge in [0.15, 0.2) is 5.69 Å². The first-order valence-corrected chi connectivity index (χ1v) is 6.54. The van der Waals surface area contributed by atoms with Crippen LogP contribution in [0.15, 0.2) is 36.4 Å². The van der Waals surface area contributed by atoms with Crippen molar-refractivity contribution in [3.8, 4) is 17.7 Å². The number of nitro groups is 1. The zero-order chi connectivity index (χ0) is 16.8. The van der Waals surface area contributed by atoms with E-state index < -0.39 is 4.92 Å². The summed E-state index contributed by atoms with van der Waals surface area (Å²) >= 11 is 0. The van der Waals surface area contributed by atoms with E-state index in [1.54, 1.807) is 31.4 Å². The molecular weight excluding hydrogens is 298 g/mol. The fourth-order valence-electron chi connectivity index (χ4n) is 1.91. The molecule has 2 aromatic rings. The fourth-order valence-corrected chi connectivity index (χ4v) is 1.91. The lowest BCUT2D eigenvalue weighted by Crippen LogP contribution is -1.99. The smallest absolute Gasteiger partial charge is 0.296 e. The van der Waals surface area contributed by atoms with Crippen molar-refractivity contribution in [2.75, 3.05) is 14.2 Å². The van der Waals surface area contributed by atoms with E-state index in [4.69, 9.17) is 9.47 Å². The maximum atomic E-state index is 11.1. The van der Waals surface area contributed by atoms with Crippen LogP contribution in [0, 0.1) is 21.4 Å². The Hall–Kier alpha value is -3.40. The standard InChI is InChI=1S/C16H13N3O4/c1-22-13-5-3-11(4-6-13)9-12(10-17)16-14(19(20)21)7-8-15(18-16)23-2/h3-9H,1-2H3/b12-9+. The van der Waals surface area contributed by atoms with Gasteiger partial charge in [0, 0.05) is 12.1 Å². The Morgan fingerprint density at radius 3 is 2.43 bits per heavy atom. The van der Waals surface area contributed by atoms with Crippen molar-refractivity contribution in [3.05, 3.63) is 57.8 Å². The third-order valence-electron chi connectivity index (χ3n) is 3.06. The number of hydrogen-bond donors (Lipinski definition) is 0. The van der Waals surface area contributed by atoms with Crippen molar-refractivity contribution in [2.24, 2.45) is 0 Å². The van der Waals surface area contributed by atoms with Gasteiger partial charge in [-0.05, 0) is 23.8 Å². The fraction of sp³-hybridized carbons (Fsp3) is 0.125. The maximum Gasteiger partial charge on any atom is 0.296 e. The number of aromatic nitrogens is 1. The molecule has 23 heavy (non-hydrogen) atoms. The van der Waals surface area contributed by atoms with Gasteiger partial charge in [0.05, 0.1) is 24.7 Å². The topological polar surface area (TPSA) is 98.3 Å². The molecule has 0 aliphatic carbocycles. The number of methoxy groups -OCH3 is 2. The molecule has 7 heteroatoms. The zero-order valence-corrected chi connectivity index (χ0v) is 12.5. The number of hydrogen-bond acceptors (Lipinski definition) is 6. The summed E-state index contributed by atoms with van der Waals surface area (Å²) in [5, 5.41) is 20.5. The number of allylic oxidation sites excluding steroid dienone is 1. The molecule has 1 aromatic heterocycles. The minimum atomic E-state index is -0.582. The molecule has 1 heterocycles. The second-order valence-electron chi connectivity index (χ2n) is 4.42. The zero-order valence-electron chi connectivity index (χ0n) is 12.5. The lowest BCUT2D eigenvalue weighted by atomic mass is 10.1. The number of pyridine rings is 1. The van der Waals surface area contributed by atoms with Crippen molar-refractivity contribution in [1.29, 1.82) is 5.26 Å². The van der Waals surface area contributed by atoms with E-state index in [0.717, 1.165) is 0 Å². The van der Waals surface area contributed by atoms with E-state index in [0.29, 0.717) is 11.3 Å². The van der Waals surface area contributed by atoms with E-state index >= 15 is 0 Å². The molecule has 0 radical (unpaired) electrons. The summed E-state index contributed by atoms with van der Waals surface area (Å²) in [5.74, 6) is 0.868. The second kappa shape index (κ2) is 7.04. The van der Waals surface area contributed by atoms with Gasteiger partial charge >= 0.3 is 0 Å². The lowest BCUT2D eigenvalue weighted by molar-refractivity contribution is -0.385. The van der Waals surface area contributed by atoms with E-state index in [1.165, 1.54) is 25.3 Å². The summed E-state index contributed by atoms with van der Waals surface area (Å²) in [6, 6.07) is 11.5. The van der Waals surface area contributed by atoms with Gasteiger partial charge in [-0.1, -0.05) is 12.1 Å². The van der Waals surface area contributed by atoms with Crippen LogP contribution in [0.5, 0.6) is 11.6 Å². The minimum absolute atomic E-state index is 0.0346. The highest BCUT2D eigenvalue weighted by Crippen LogP contribution is 2.28. The highest BCUT2D eigenvalue weighted by atomic mass is 16.6. The summed E-state index contributed by atoms with van der Waals surface area (Å²) in [7, 11) is 2.95. The monoisotopic (exact) mass is 311 g/mol. The van der Waals surface area contributed by atoms with Crippen molar-refractivity contribution in [1.82, 2.24) is 4.98 Å². The normalized spacial score (nSPS) is 10.7. The molecular formula is C16H13N3O4. The average Bonchev–Trinajstić information content (AvgIpc) is 2.59. The van der Waals surface area contributed by atoms with Gasteiger partial charge in [0.25, 0.3) is 5.69 Å². The predicted octanol–water partition coefficient (Wildman–Crippen LogP) is 3.07. The van der Waals surface area contributed by atoms with Crippen molar-refractivity contribution < 1.29 is 14.4 Å². The molecule has 0 amide bonds. The van der Waals surface area contributed by atoms with Gasteiger partial charge < -0.3 is 9.47 Å². The summed E-state index contributed by atoms with van der Waals surface area (Å²) in [6.45, 7) is 0. The van der Waals surface area contributed by atoms with Crippen LogP contribution in [-0.4, -0.2) is 24.1 Å². The van der Waals surface area contributed by atoms with Gasteiger partial charge in [-0.15, -0.1) is 0 Å². The first kappa shape index (κ1) is 16.0. The summed E-state index contributed by atoms with van der Waals surface area (Å²) in [5.41, 5.74) is 0.474. The predicted molar refractivity (Wildman–Crippen MR) is 83.9 cm³/mol. The van der Waals surface area contributed by atoms with Crippen molar-refractivity contribution in [3.63, 3.8) is 0 Å². The molecule has 0 fully saturated rings. The van der Waals surface area contributed by atoms with Gasteiger partial charge in [-0.25, -0.2) is 4.98 Å². The SMILES string of the molecule is COc1ccc(/C=C(\C#N)c2nc(OC)ccc2[N+](=O)[O-])cc1. The molecule has 2 rings (SSSR count). The Morgan fingerprint density at radius 1 is 1.22 bits per heavy atom. The van der Waals surface area contributed by atoms with E-state index in [9.17, 15) is 15.4 Å². The Bertz CT molecular complexity index is 792. The Balaban J connectivity index is 2.53. The molecule has 0 bridgehead atoms. The molecule has 1 aromatic carbocycles. The first-order valence-electron chi connectivity index (χ1n) is 6.54. The number of benzene rings is 1. The number of nitrogens with zero attached hydrogens (tertiary/aromatic N) is 3. The first-order chi connectivity index (χ1) is 11.1. The number of ether oxygens (including phenoxy) is 2. The highest BCUT2D eigenvalue weighted by molar-refractivity contribution is 5.91. The van der Waals surface area contributed by atoms with Crippen LogP contribution in [0.3, 0.4) is 0 Å². The van der Waals surface area contributed by atoms with Crippen LogP contribution in [0.2, 0.25) is 0 Å². The summed E-state index contributed by atoms with van der Waals surface area (Å²) in [6.07, 6.45) is 1.52. The Labute approximate surface area is 132 Å². The average molecular weight is 311 g/mol. The molecule has 0 spiro atoms. The number of nitriles is 1. The maximum absolute atomic E-state index is 11.1. The van der Waals surface area contributed by atoms with Crippen LogP contribution in [0.4, 0.5) is 5.69 Å². The molecule has 0 saturated heterocycles. The lowest BCUT2D eigenvalue weighted by Gasteiger charge is -2.04. The van der Waals surface area contributed by atoms with Crippen molar-refractivity contribution in [2.45, 2.75) is 0 Å². The minimum Gasteiger partial charge on any atom is -0.497 e. The Morgan fingerprint density at radius 2 is 1.91 bits per heavy atom.